The van der Waals surface area contributed by atoms with Crippen molar-refractivity contribution < 1.29 is 4.79 Å². The zero-order chi connectivity index (χ0) is 18.6. The van der Waals surface area contributed by atoms with Gasteiger partial charge >= 0.3 is 0 Å². The van der Waals surface area contributed by atoms with E-state index in [1.807, 2.05) is 30.3 Å². The third-order valence-electron chi connectivity index (χ3n) is 4.75. The van der Waals surface area contributed by atoms with Crippen LogP contribution < -0.4 is 10.9 Å². The SMILES string of the molecule is O=C(CSc1nnc2[nH]c(=O)cc(-c3ccccc3)n12)NC1CCCCC1. The van der Waals surface area contributed by atoms with E-state index in [-0.39, 0.29) is 17.2 Å². The number of nitrogens with one attached hydrogen (secondary N) is 2. The highest BCUT2D eigenvalue weighted by molar-refractivity contribution is 7.99. The van der Waals surface area contributed by atoms with Crippen LogP contribution in [0.3, 0.4) is 0 Å². The molecule has 0 aliphatic heterocycles. The number of thioether (sulfide) groups is 1. The summed E-state index contributed by atoms with van der Waals surface area (Å²) in [6.07, 6.45) is 5.74. The summed E-state index contributed by atoms with van der Waals surface area (Å²) < 4.78 is 1.79. The van der Waals surface area contributed by atoms with Gasteiger partial charge < -0.3 is 5.32 Å². The second kappa shape index (κ2) is 7.96. The molecule has 1 aliphatic rings. The molecule has 0 radical (unpaired) electrons. The molecular weight excluding hydrogens is 362 g/mol. The van der Waals surface area contributed by atoms with E-state index < -0.39 is 0 Å². The van der Waals surface area contributed by atoms with Crippen molar-refractivity contribution in [2.24, 2.45) is 0 Å². The van der Waals surface area contributed by atoms with E-state index >= 15 is 0 Å². The maximum Gasteiger partial charge on any atom is 0.252 e. The Hall–Kier alpha value is -2.61. The summed E-state index contributed by atoms with van der Waals surface area (Å²) in [7, 11) is 0. The van der Waals surface area contributed by atoms with E-state index in [1.165, 1.54) is 37.1 Å². The highest BCUT2D eigenvalue weighted by atomic mass is 32.2. The van der Waals surface area contributed by atoms with Crippen molar-refractivity contribution in [2.75, 3.05) is 5.75 Å². The zero-order valence-electron chi connectivity index (χ0n) is 14.9. The van der Waals surface area contributed by atoms with Crippen LogP contribution in [0, 0.1) is 0 Å². The van der Waals surface area contributed by atoms with E-state index in [2.05, 4.69) is 20.5 Å². The number of benzene rings is 1. The lowest BCUT2D eigenvalue weighted by molar-refractivity contribution is -0.119. The summed E-state index contributed by atoms with van der Waals surface area (Å²) in [4.78, 5) is 27.0. The first-order valence-corrected chi connectivity index (χ1v) is 10.2. The second-order valence-electron chi connectivity index (χ2n) is 6.72. The van der Waals surface area contributed by atoms with Gasteiger partial charge in [0.1, 0.15) is 0 Å². The summed E-state index contributed by atoms with van der Waals surface area (Å²) in [5.74, 6) is 0.649. The lowest BCUT2D eigenvalue weighted by Gasteiger charge is -2.22. The number of aromatic amines is 1. The van der Waals surface area contributed by atoms with Crippen LogP contribution in [0.4, 0.5) is 0 Å². The molecule has 2 N–H and O–H groups in total. The highest BCUT2D eigenvalue weighted by Gasteiger charge is 2.18. The average molecular weight is 383 g/mol. The van der Waals surface area contributed by atoms with Crippen molar-refractivity contribution in [3.63, 3.8) is 0 Å². The van der Waals surface area contributed by atoms with Gasteiger partial charge in [-0.3, -0.25) is 19.0 Å². The number of amides is 1. The molecule has 8 heteroatoms. The quantitative estimate of drug-likeness (QED) is 0.661. The molecular formula is C19H21N5O2S. The van der Waals surface area contributed by atoms with Crippen LogP contribution in [0.1, 0.15) is 32.1 Å². The van der Waals surface area contributed by atoms with Gasteiger partial charge in [0.15, 0.2) is 5.16 Å². The molecule has 1 saturated carbocycles. The summed E-state index contributed by atoms with van der Waals surface area (Å²) in [5, 5.41) is 11.9. The predicted molar refractivity (Wildman–Crippen MR) is 105 cm³/mol. The van der Waals surface area contributed by atoms with Gasteiger partial charge in [-0.15, -0.1) is 10.2 Å². The van der Waals surface area contributed by atoms with Gasteiger partial charge in [-0.05, 0) is 18.4 Å². The Balaban J connectivity index is 1.55. The van der Waals surface area contributed by atoms with E-state index in [4.69, 9.17) is 0 Å². The smallest absolute Gasteiger partial charge is 0.252 e. The number of fused-ring (bicyclic) bond motifs is 1. The maximum absolute atomic E-state index is 12.3. The zero-order valence-corrected chi connectivity index (χ0v) is 15.7. The topological polar surface area (TPSA) is 92.2 Å². The minimum atomic E-state index is -0.236. The number of carbonyl (C=O) groups is 1. The van der Waals surface area contributed by atoms with Gasteiger partial charge in [-0.1, -0.05) is 61.4 Å². The van der Waals surface area contributed by atoms with Crippen molar-refractivity contribution in [1.82, 2.24) is 24.9 Å². The summed E-state index contributed by atoms with van der Waals surface area (Å²) in [6.45, 7) is 0. The summed E-state index contributed by atoms with van der Waals surface area (Å²) in [6, 6.07) is 11.4. The molecule has 0 spiro atoms. The first-order valence-electron chi connectivity index (χ1n) is 9.17. The van der Waals surface area contributed by atoms with Gasteiger partial charge in [0.25, 0.3) is 5.56 Å². The van der Waals surface area contributed by atoms with E-state index in [1.54, 1.807) is 4.40 Å². The Morgan fingerprint density at radius 3 is 2.74 bits per heavy atom. The maximum atomic E-state index is 12.3. The molecule has 2 heterocycles. The van der Waals surface area contributed by atoms with Crippen molar-refractivity contribution in [1.29, 1.82) is 0 Å². The molecule has 2 aromatic heterocycles. The summed E-state index contributed by atoms with van der Waals surface area (Å²) >= 11 is 1.32. The van der Waals surface area contributed by atoms with E-state index in [9.17, 15) is 9.59 Å². The lowest BCUT2D eigenvalue weighted by Crippen LogP contribution is -2.37. The number of H-pyrrole nitrogens is 1. The van der Waals surface area contributed by atoms with Gasteiger partial charge in [0, 0.05) is 12.1 Å². The van der Waals surface area contributed by atoms with Crippen LogP contribution >= 0.6 is 11.8 Å². The lowest BCUT2D eigenvalue weighted by atomic mass is 9.95. The van der Waals surface area contributed by atoms with Crippen LogP contribution in [-0.2, 0) is 4.79 Å². The fraction of sp³-hybridized carbons (Fsp3) is 0.368. The molecule has 1 amide bonds. The molecule has 0 atom stereocenters. The van der Waals surface area contributed by atoms with Crippen molar-refractivity contribution >= 4 is 23.4 Å². The molecule has 1 fully saturated rings. The molecule has 0 bridgehead atoms. The van der Waals surface area contributed by atoms with Crippen LogP contribution in [-0.4, -0.2) is 37.3 Å². The molecule has 4 rings (SSSR count). The Labute approximate surface area is 160 Å². The van der Waals surface area contributed by atoms with Crippen molar-refractivity contribution in [2.45, 2.75) is 43.3 Å². The predicted octanol–water partition coefficient (Wildman–Crippen LogP) is 2.63. The molecule has 27 heavy (non-hydrogen) atoms. The Kier molecular flexibility index (Phi) is 5.24. The Morgan fingerprint density at radius 2 is 1.96 bits per heavy atom. The fourth-order valence-corrected chi connectivity index (χ4v) is 4.22. The molecule has 3 aromatic rings. The number of hydrogen-bond acceptors (Lipinski definition) is 5. The summed E-state index contributed by atoms with van der Waals surface area (Å²) in [5.41, 5.74) is 1.36. The fourth-order valence-electron chi connectivity index (χ4n) is 3.46. The number of hydrogen-bond donors (Lipinski definition) is 2. The van der Waals surface area contributed by atoms with Gasteiger partial charge in [0.05, 0.1) is 11.4 Å². The third-order valence-corrected chi connectivity index (χ3v) is 5.68. The van der Waals surface area contributed by atoms with E-state index in [0.717, 1.165) is 18.4 Å². The minimum Gasteiger partial charge on any atom is -0.353 e. The van der Waals surface area contributed by atoms with Gasteiger partial charge in [-0.2, -0.15) is 0 Å². The highest BCUT2D eigenvalue weighted by Crippen LogP contribution is 2.24. The molecule has 1 aromatic carbocycles. The molecule has 140 valence electrons. The Morgan fingerprint density at radius 1 is 1.19 bits per heavy atom. The van der Waals surface area contributed by atoms with Crippen molar-refractivity contribution in [3.8, 4) is 11.3 Å². The van der Waals surface area contributed by atoms with E-state index in [0.29, 0.717) is 22.7 Å². The van der Waals surface area contributed by atoms with Crippen LogP contribution in [0.25, 0.3) is 17.0 Å². The van der Waals surface area contributed by atoms with Gasteiger partial charge in [0.2, 0.25) is 11.7 Å². The van der Waals surface area contributed by atoms with Crippen LogP contribution in [0.5, 0.6) is 0 Å². The first kappa shape index (κ1) is 17.8. The van der Waals surface area contributed by atoms with Crippen molar-refractivity contribution in [3.05, 3.63) is 46.8 Å². The number of rotatable bonds is 5. The largest absolute Gasteiger partial charge is 0.353 e. The van der Waals surface area contributed by atoms with Crippen LogP contribution in [0.2, 0.25) is 0 Å². The molecule has 7 nitrogen and oxygen atoms in total. The monoisotopic (exact) mass is 383 g/mol. The molecule has 1 aliphatic carbocycles. The second-order valence-corrected chi connectivity index (χ2v) is 7.66. The minimum absolute atomic E-state index is 0.00864. The number of carbonyl (C=O) groups excluding carboxylic acids is 1. The third kappa shape index (κ3) is 4.05. The first-order chi connectivity index (χ1) is 13.2. The number of nitrogens with zero attached hydrogens (tertiary/aromatic N) is 3. The molecule has 0 saturated heterocycles. The normalized spacial score (nSPS) is 15.1. The van der Waals surface area contributed by atoms with Crippen LogP contribution in [0.15, 0.2) is 46.3 Å². The van der Waals surface area contributed by atoms with Gasteiger partial charge in [-0.25, -0.2) is 0 Å². The molecule has 0 unspecified atom stereocenters. The Bertz CT molecular complexity index is 992. The standard InChI is InChI=1S/C19H21N5O2S/c25-16-11-15(13-7-3-1-4-8-13)24-18(21-16)22-23-19(24)27-12-17(26)20-14-9-5-2-6-10-14/h1,3-4,7-8,11,14H,2,5-6,9-10,12H2,(H,20,26)(H,21,22,25). The number of aromatic nitrogens is 4. The average Bonchev–Trinajstić information content (AvgIpc) is 3.10.